The predicted octanol–water partition coefficient (Wildman–Crippen LogP) is 3.03. The molecular weight excluding hydrogens is 795 g/mol. The quantitative estimate of drug-likeness (QED) is 0.0640. The van der Waals surface area contributed by atoms with Gasteiger partial charge in [-0.25, -0.2) is 0 Å². The number of benzene rings is 1. The van der Waals surface area contributed by atoms with Gasteiger partial charge in [-0.3, -0.25) is 28.8 Å². The van der Waals surface area contributed by atoms with E-state index in [1.165, 1.54) is 21.1 Å². The first-order valence-electron chi connectivity index (χ1n) is 22.0. The van der Waals surface area contributed by atoms with Crippen LogP contribution in [0.15, 0.2) is 41.6 Å². The zero-order valence-corrected chi connectivity index (χ0v) is 39.6. The van der Waals surface area contributed by atoms with Crippen LogP contribution < -0.4 is 21.7 Å². The molecule has 1 aliphatic rings. The highest BCUT2D eigenvalue weighted by molar-refractivity contribution is 5.97. The number of carbonyl (C=O) groups is 6. The van der Waals surface area contributed by atoms with E-state index in [0.717, 1.165) is 11.1 Å². The summed E-state index contributed by atoms with van der Waals surface area (Å²) in [7, 11) is 8.34. The molecule has 62 heavy (non-hydrogen) atoms. The van der Waals surface area contributed by atoms with Gasteiger partial charge in [-0.15, -0.1) is 0 Å². The Morgan fingerprint density at radius 1 is 0.919 bits per heavy atom. The average Bonchev–Trinajstić information content (AvgIpc) is 3.71. The molecule has 0 aliphatic carbocycles. The summed E-state index contributed by atoms with van der Waals surface area (Å²) in [6, 6.07) is 5.93. The highest BCUT2D eigenvalue weighted by atomic mass is 16.5. The Hall–Kier alpha value is -4.54. The normalized spacial score (nSPS) is 17.7. The minimum atomic E-state index is -0.914. The molecule has 0 bridgehead atoms. The molecule has 0 radical (unpaired) electrons. The van der Waals surface area contributed by atoms with Crippen molar-refractivity contribution in [2.45, 2.75) is 136 Å². The number of hydrogen-bond donors (Lipinski definition) is 4. The van der Waals surface area contributed by atoms with Crippen molar-refractivity contribution in [3.63, 3.8) is 0 Å². The first-order valence-corrected chi connectivity index (χ1v) is 22.0. The lowest BCUT2D eigenvalue weighted by Gasteiger charge is -2.41. The van der Waals surface area contributed by atoms with Crippen molar-refractivity contribution in [2.24, 2.45) is 23.5 Å². The topological polar surface area (TPSA) is 202 Å². The van der Waals surface area contributed by atoms with E-state index in [-0.39, 0.29) is 55.6 Å². The molecule has 1 saturated heterocycles. The fourth-order valence-corrected chi connectivity index (χ4v) is 8.20. The molecule has 0 saturated carbocycles. The Balaban J connectivity index is 2.28. The number of carbonyl (C=O) groups excluding carboxylic acids is 6. The third-order valence-electron chi connectivity index (χ3n) is 11.8. The number of hydrogen-bond acceptors (Lipinski definition) is 11. The van der Waals surface area contributed by atoms with Crippen LogP contribution in [0.5, 0.6) is 0 Å². The van der Waals surface area contributed by atoms with Gasteiger partial charge in [0, 0.05) is 54.9 Å². The van der Waals surface area contributed by atoms with Gasteiger partial charge < -0.3 is 50.6 Å². The Kier molecular flexibility index (Phi) is 22.6. The smallest absolute Gasteiger partial charge is 0.322 e. The van der Waals surface area contributed by atoms with Crippen molar-refractivity contribution < 1.29 is 43.0 Å². The largest absolute Gasteiger partial charge is 0.464 e. The van der Waals surface area contributed by atoms with Crippen LogP contribution in [-0.4, -0.2) is 148 Å². The zero-order valence-electron chi connectivity index (χ0n) is 39.6. The summed E-state index contributed by atoms with van der Waals surface area (Å²) in [6.07, 6.45) is 1.21. The standard InChI is InChI=1S/C46H77N7O9/c1-14-30(6)40(52(11)45(58)38(28(2)3)50-44(57)39(29(4)5)51(9)10)36(60-12)27-37(54)53-24-18-22-35(53)41(61-13)31(7)42(55)49-34(26-33-20-16-15-17-21-33)43(56)48-23-19-25-62-46(59)32(8)47/h15-17,20-21,28,30-32,34-36,38,40-41H,14,18-19,22-27,47H2,1-13H3,(H,48,56)(H,49,55)(H,50,57)/t30?,31-,32+,34+,35+,36-,38+,40+,41-/m1/s1. The molecule has 16 heteroatoms. The van der Waals surface area contributed by atoms with Crippen molar-refractivity contribution in [2.75, 3.05) is 55.1 Å². The number of esters is 1. The first-order chi connectivity index (χ1) is 29.2. The van der Waals surface area contributed by atoms with E-state index in [1.54, 1.807) is 42.8 Å². The molecule has 5 amide bonds. The summed E-state index contributed by atoms with van der Waals surface area (Å²) in [5.74, 6) is -3.17. The lowest BCUT2D eigenvalue weighted by Crippen LogP contribution is -2.58. The van der Waals surface area contributed by atoms with E-state index in [0.29, 0.717) is 37.9 Å². The molecule has 0 aromatic heterocycles. The molecule has 1 aromatic carbocycles. The fraction of sp³-hybridized carbons (Fsp3) is 0.696. The van der Waals surface area contributed by atoms with Crippen molar-refractivity contribution in [3.05, 3.63) is 47.2 Å². The Morgan fingerprint density at radius 3 is 2.10 bits per heavy atom. The van der Waals surface area contributed by atoms with Gasteiger partial charge in [0.15, 0.2) is 0 Å². The van der Waals surface area contributed by atoms with Crippen molar-refractivity contribution in [1.29, 1.82) is 0 Å². The van der Waals surface area contributed by atoms with Crippen molar-refractivity contribution in [3.8, 4) is 0 Å². The summed E-state index contributed by atoms with van der Waals surface area (Å²) in [5.41, 5.74) is 7.70. The number of methoxy groups -OCH3 is 2. The van der Waals surface area contributed by atoms with E-state index < -0.39 is 66.1 Å². The van der Waals surface area contributed by atoms with Gasteiger partial charge in [0.05, 0.1) is 43.2 Å². The Labute approximate surface area is 370 Å². The number of likely N-dealkylation sites (tertiary alicyclic amines) is 1. The van der Waals surface area contributed by atoms with E-state index in [9.17, 15) is 28.8 Å². The number of amides is 5. The number of nitrogens with zero attached hydrogens (tertiary/aromatic N) is 3. The van der Waals surface area contributed by atoms with E-state index in [4.69, 9.17) is 19.9 Å². The summed E-state index contributed by atoms with van der Waals surface area (Å²) >= 11 is 0. The number of ether oxygens (including phenoxy) is 3. The van der Waals surface area contributed by atoms with E-state index in [1.807, 2.05) is 71.9 Å². The van der Waals surface area contributed by atoms with Gasteiger partial charge >= 0.3 is 5.97 Å². The Morgan fingerprint density at radius 2 is 1.56 bits per heavy atom. The number of likely N-dealkylation sites (N-methyl/N-ethyl adjacent to an activating group) is 2. The van der Waals surface area contributed by atoms with Crippen molar-refractivity contribution >= 4 is 35.5 Å². The molecule has 1 fully saturated rings. The van der Waals surface area contributed by atoms with Crippen LogP contribution in [0.25, 0.3) is 0 Å². The molecule has 350 valence electrons. The fourth-order valence-electron chi connectivity index (χ4n) is 8.20. The van der Waals surface area contributed by atoms with E-state index >= 15 is 0 Å². The van der Waals surface area contributed by atoms with Gasteiger partial charge in [0.25, 0.3) is 5.91 Å². The van der Waals surface area contributed by atoms with E-state index in [2.05, 4.69) is 16.0 Å². The Bertz CT molecular complexity index is 1650. The molecular formula is C46H77N7O9. The molecule has 1 unspecified atom stereocenters. The second-order valence-electron chi connectivity index (χ2n) is 17.4. The van der Waals surface area contributed by atoms with Crippen LogP contribution in [-0.2, 0) is 49.4 Å². The molecule has 1 aliphatic heterocycles. The summed E-state index contributed by atoms with van der Waals surface area (Å²) < 4.78 is 17.1. The summed E-state index contributed by atoms with van der Waals surface area (Å²) in [5, 5.41) is 8.76. The van der Waals surface area contributed by atoms with Gasteiger partial charge in [-0.05, 0) is 63.0 Å². The van der Waals surface area contributed by atoms with Gasteiger partial charge in [-0.1, -0.05) is 71.4 Å². The van der Waals surface area contributed by atoms with Gasteiger partial charge in [0.2, 0.25) is 23.6 Å². The van der Waals surface area contributed by atoms with Crippen LogP contribution in [0.4, 0.5) is 0 Å². The molecule has 0 spiro atoms. The number of nitrogens with one attached hydrogen (secondary N) is 3. The van der Waals surface area contributed by atoms with Gasteiger partial charge in [-0.2, -0.15) is 0 Å². The summed E-state index contributed by atoms with van der Waals surface area (Å²) in [4.78, 5) is 86.4. The lowest BCUT2D eigenvalue weighted by molar-refractivity contribution is -0.147. The number of allylic oxidation sites excluding steroid dienone is 1. The minimum Gasteiger partial charge on any atom is -0.464 e. The van der Waals surface area contributed by atoms with Gasteiger partial charge in [0.1, 0.15) is 23.8 Å². The van der Waals surface area contributed by atoms with Crippen LogP contribution in [0.2, 0.25) is 0 Å². The summed E-state index contributed by atoms with van der Waals surface area (Å²) in [6.45, 7) is 15.5. The first kappa shape index (κ1) is 53.6. The maximum Gasteiger partial charge on any atom is 0.322 e. The maximum atomic E-state index is 14.4. The predicted molar refractivity (Wildman–Crippen MR) is 239 cm³/mol. The molecule has 2 rings (SSSR count). The lowest BCUT2D eigenvalue weighted by atomic mass is 9.89. The molecule has 1 aromatic rings. The molecule has 1 heterocycles. The van der Waals surface area contributed by atoms with Crippen LogP contribution in [0.3, 0.4) is 0 Å². The molecule has 16 nitrogen and oxygen atoms in total. The minimum absolute atomic E-state index is 0.0261. The third-order valence-corrected chi connectivity index (χ3v) is 11.8. The second-order valence-corrected chi connectivity index (χ2v) is 17.4. The number of nitrogens with two attached hydrogens (primary N) is 1. The van der Waals surface area contributed by atoms with Crippen LogP contribution in [0.1, 0.15) is 93.1 Å². The van der Waals surface area contributed by atoms with Crippen LogP contribution in [0, 0.1) is 17.8 Å². The number of rotatable bonds is 25. The molecule has 5 N–H and O–H groups in total. The highest BCUT2D eigenvalue weighted by Crippen LogP contribution is 2.30. The maximum absolute atomic E-state index is 14.4. The second kappa shape index (κ2) is 26.2. The van der Waals surface area contributed by atoms with Crippen molar-refractivity contribution in [1.82, 2.24) is 30.7 Å². The zero-order chi connectivity index (χ0) is 46.8. The monoisotopic (exact) mass is 872 g/mol. The third kappa shape index (κ3) is 15.4. The highest BCUT2D eigenvalue weighted by Gasteiger charge is 2.43. The molecule has 9 atom stereocenters. The average molecular weight is 872 g/mol. The SMILES string of the molecule is CCC(C)[C@@H]([C@@H](CC(=O)N1CCC[C@H]1[C@H](OC)[C@@H](C)C(=O)N[C@@H](Cc1ccccc1)C(=O)NCCCOC(=O)[C@H](C)N)OC)N(C)C(=O)[C@@H](NC(=O)C(=C(C)C)N(C)C)C(C)C. The van der Waals surface area contributed by atoms with Crippen LogP contribution >= 0.6 is 0 Å².